The van der Waals surface area contributed by atoms with Gasteiger partial charge < -0.3 is 19.2 Å². The topological polar surface area (TPSA) is 109 Å². The molecule has 0 aliphatic carbocycles. The van der Waals surface area contributed by atoms with Crippen molar-refractivity contribution in [2.75, 3.05) is 0 Å². The number of nitrogens with zero attached hydrogens (tertiary/aromatic N) is 5. The molecule has 24 heavy (non-hydrogen) atoms. The van der Waals surface area contributed by atoms with Crippen LogP contribution in [0.4, 0.5) is 5.82 Å². The molecule has 3 aromatic rings. The summed E-state index contributed by atoms with van der Waals surface area (Å²) in [7, 11) is 0. The number of rotatable bonds is 5. The number of imidazole rings is 1. The van der Waals surface area contributed by atoms with E-state index in [1.165, 1.54) is 17.1 Å². The normalized spacial score (nSPS) is 11.0. The minimum absolute atomic E-state index is 0.0248. The summed E-state index contributed by atoms with van der Waals surface area (Å²) in [4.78, 5) is 26.2. The van der Waals surface area contributed by atoms with E-state index in [0.29, 0.717) is 17.1 Å². The summed E-state index contributed by atoms with van der Waals surface area (Å²) < 4.78 is 8.32. The summed E-state index contributed by atoms with van der Waals surface area (Å²) in [5.41, 5.74) is 2.12. The summed E-state index contributed by atoms with van der Waals surface area (Å²) in [6.45, 7) is 5.46. The third-order valence-electron chi connectivity index (χ3n) is 3.71. The standard InChI is InChI=1S/C15H15N5O4/c1-9-4-12(11(3)19(9)14-5-10(2)24-17-14)13(21)6-18-7-15(16-8-18)20(22)23/h4-5,7-8H,6H2,1-3H3. The van der Waals surface area contributed by atoms with Crippen LogP contribution in [0, 0.1) is 30.9 Å². The van der Waals surface area contributed by atoms with Crippen LogP contribution in [-0.4, -0.2) is 30.0 Å². The third kappa shape index (κ3) is 2.71. The van der Waals surface area contributed by atoms with Crippen molar-refractivity contribution in [3.63, 3.8) is 0 Å². The van der Waals surface area contributed by atoms with Crippen LogP contribution in [0.15, 0.2) is 29.2 Å². The molecule has 0 aliphatic heterocycles. The number of aryl methyl sites for hydroxylation is 2. The van der Waals surface area contributed by atoms with Crippen LogP contribution in [0.5, 0.6) is 0 Å². The lowest BCUT2D eigenvalue weighted by molar-refractivity contribution is -0.389. The molecule has 0 aliphatic rings. The molecule has 3 rings (SSSR count). The van der Waals surface area contributed by atoms with Crippen LogP contribution in [0.25, 0.3) is 5.82 Å². The Labute approximate surface area is 136 Å². The van der Waals surface area contributed by atoms with Crippen molar-refractivity contribution in [2.24, 2.45) is 0 Å². The summed E-state index contributed by atoms with van der Waals surface area (Å²) in [6.07, 6.45) is 2.51. The Hall–Kier alpha value is -3.23. The molecule has 0 saturated heterocycles. The van der Waals surface area contributed by atoms with Gasteiger partial charge in [-0.3, -0.25) is 9.36 Å². The predicted octanol–water partition coefficient (Wildman–Crippen LogP) is 2.38. The first-order valence-electron chi connectivity index (χ1n) is 7.19. The van der Waals surface area contributed by atoms with E-state index in [4.69, 9.17) is 4.52 Å². The Bertz CT molecular complexity index is 934. The molecular weight excluding hydrogens is 314 g/mol. The quantitative estimate of drug-likeness (QED) is 0.404. The van der Waals surface area contributed by atoms with Crippen molar-refractivity contribution in [3.8, 4) is 5.82 Å². The van der Waals surface area contributed by atoms with E-state index in [1.807, 2.05) is 18.4 Å². The second-order valence-electron chi connectivity index (χ2n) is 5.50. The number of aromatic nitrogens is 4. The highest BCUT2D eigenvalue weighted by atomic mass is 16.6. The molecule has 0 saturated carbocycles. The van der Waals surface area contributed by atoms with Crippen molar-refractivity contribution in [1.82, 2.24) is 19.3 Å². The third-order valence-corrected chi connectivity index (χ3v) is 3.71. The average molecular weight is 329 g/mol. The minimum Gasteiger partial charge on any atom is -0.360 e. The zero-order chi connectivity index (χ0) is 17.4. The molecule has 0 atom stereocenters. The smallest absolute Gasteiger partial charge is 0.360 e. The van der Waals surface area contributed by atoms with Gasteiger partial charge in [0, 0.05) is 23.0 Å². The summed E-state index contributed by atoms with van der Waals surface area (Å²) >= 11 is 0. The minimum atomic E-state index is -0.597. The van der Waals surface area contributed by atoms with Crippen LogP contribution in [0.2, 0.25) is 0 Å². The van der Waals surface area contributed by atoms with E-state index < -0.39 is 4.92 Å². The van der Waals surface area contributed by atoms with Gasteiger partial charge in [-0.15, -0.1) is 0 Å². The van der Waals surface area contributed by atoms with Crippen molar-refractivity contribution >= 4 is 11.6 Å². The van der Waals surface area contributed by atoms with Crippen molar-refractivity contribution in [2.45, 2.75) is 27.3 Å². The summed E-state index contributed by atoms with van der Waals surface area (Å²) in [6, 6.07) is 3.56. The highest BCUT2D eigenvalue weighted by Crippen LogP contribution is 2.21. The van der Waals surface area contributed by atoms with Gasteiger partial charge in [0.2, 0.25) is 6.33 Å². The van der Waals surface area contributed by atoms with Gasteiger partial charge in [0.1, 0.15) is 12.0 Å². The van der Waals surface area contributed by atoms with Crippen LogP contribution in [0.3, 0.4) is 0 Å². The molecule has 0 bridgehead atoms. The Morgan fingerprint density at radius 1 is 1.33 bits per heavy atom. The maximum atomic E-state index is 12.5. The van der Waals surface area contributed by atoms with Crippen molar-refractivity contribution < 1.29 is 14.2 Å². The van der Waals surface area contributed by atoms with Crippen LogP contribution in [0.1, 0.15) is 27.5 Å². The monoisotopic (exact) mass is 329 g/mol. The van der Waals surface area contributed by atoms with Gasteiger partial charge in [-0.25, -0.2) is 0 Å². The number of carbonyl (C=O) groups is 1. The Balaban J connectivity index is 1.89. The number of ketones is 1. The largest absolute Gasteiger partial charge is 0.381 e. The summed E-state index contributed by atoms with van der Waals surface area (Å²) in [5.74, 6) is 0.837. The lowest BCUT2D eigenvalue weighted by Gasteiger charge is -2.05. The van der Waals surface area contributed by atoms with Crippen molar-refractivity contribution in [3.05, 3.63) is 57.5 Å². The second-order valence-corrected chi connectivity index (χ2v) is 5.50. The molecule has 3 aromatic heterocycles. The fourth-order valence-electron chi connectivity index (χ4n) is 2.64. The molecule has 0 radical (unpaired) electrons. The number of nitro groups is 1. The van der Waals surface area contributed by atoms with Crippen molar-refractivity contribution in [1.29, 1.82) is 0 Å². The fourth-order valence-corrected chi connectivity index (χ4v) is 2.64. The molecule has 0 N–H and O–H groups in total. The molecule has 9 nitrogen and oxygen atoms in total. The zero-order valence-electron chi connectivity index (χ0n) is 13.4. The lowest BCUT2D eigenvalue weighted by Crippen LogP contribution is -2.10. The first kappa shape index (κ1) is 15.7. The van der Waals surface area contributed by atoms with E-state index in [-0.39, 0.29) is 18.1 Å². The van der Waals surface area contributed by atoms with Gasteiger partial charge in [0.05, 0.1) is 6.54 Å². The Morgan fingerprint density at radius 2 is 2.08 bits per heavy atom. The van der Waals surface area contributed by atoms with E-state index in [2.05, 4.69) is 10.1 Å². The van der Waals surface area contributed by atoms with Gasteiger partial charge in [-0.05, 0) is 36.7 Å². The van der Waals surface area contributed by atoms with E-state index in [0.717, 1.165) is 11.4 Å². The zero-order valence-corrected chi connectivity index (χ0v) is 13.4. The van der Waals surface area contributed by atoms with Gasteiger partial charge in [-0.1, -0.05) is 5.16 Å². The number of carbonyl (C=O) groups excluding carboxylic acids is 1. The maximum absolute atomic E-state index is 12.5. The van der Waals surface area contributed by atoms with Gasteiger partial charge >= 0.3 is 5.82 Å². The second kappa shape index (κ2) is 5.76. The van der Waals surface area contributed by atoms with Gasteiger partial charge in [0.25, 0.3) is 0 Å². The van der Waals surface area contributed by atoms with E-state index in [1.54, 1.807) is 19.1 Å². The number of hydrogen-bond donors (Lipinski definition) is 0. The van der Waals surface area contributed by atoms with Crippen LogP contribution in [-0.2, 0) is 6.54 Å². The maximum Gasteiger partial charge on any atom is 0.381 e. The molecule has 0 aromatic carbocycles. The first-order valence-corrected chi connectivity index (χ1v) is 7.19. The number of Topliss-reactive ketones (excluding diaryl/α,β-unsaturated/α-hetero) is 1. The number of hydrogen-bond acceptors (Lipinski definition) is 6. The van der Waals surface area contributed by atoms with E-state index >= 15 is 0 Å². The highest BCUT2D eigenvalue weighted by Gasteiger charge is 2.20. The fraction of sp³-hybridized carbons (Fsp3) is 0.267. The molecule has 124 valence electrons. The molecule has 0 unspecified atom stereocenters. The van der Waals surface area contributed by atoms with Crippen LogP contribution < -0.4 is 0 Å². The molecule has 9 heteroatoms. The molecule has 0 amide bonds. The average Bonchev–Trinajstić information content (AvgIpc) is 3.19. The SMILES string of the molecule is Cc1cc(-n2c(C)cc(C(=O)Cn3cnc([N+](=O)[O-])c3)c2C)no1. The molecular formula is C15H15N5O4. The lowest BCUT2D eigenvalue weighted by atomic mass is 10.1. The van der Waals surface area contributed by atoms with Crippen LogP contribution >= 0.6 is 0 Å². The highest BCUT2D eigenvalue weighted by molar-refractivity contribution is 5.97. The predicted molar refractivity (Wildman–Crippen MR) is 83.3 cm³/mol. The van der Waals surface area contributed by atoms with Gasteiger partial charge in [-0.2, -0.15) is 0 Å². The Kier molecular flexibility index (Phi) is 3.76. The van der Waals surface area contributed by atoms with Gasteiger partial charge in [0.15, 0.2) is 11.6 Å². The van der Waals surface area contributed by atoms with E-state index in [9.17, 15) is 14.9 Å². The first-order chi connectivity index (χ1) is 11.4. The molecule has 3 heterocycles. The Morgan fingerprint density at radius 3 is 2.67 bits per heavy atom. The molecule has 0 fully saturated rings. The molecule has 0 spiro atoms. The summed E-state index contributed by atoms with van der Waals surface area (Å²) in [5, 5.41) is 14.6.